The second-order valence-corrected chi connectivity index (χ2v) is 9.49. The van der Waals surface area contributed by atoms with Crippen molar-refractivity contribution in [2.45, 2.75) is 52.0 Å². The lowest BCUT2D eigenvalue weighted by Crippen LogP contribution is -2.43. The molecular weight excluding hydrogens is 439 g/mol. The van der Waals surface area contributed by atoms with Gasteiger partial charge in [-0.05, 0) is 97.1 Å². The molecule has 1 amide bonds. The Hall–Kier alpha value is -1.08. The monoisotopic (exact) mass is 466 g/mol. The molecule has 3 aliphatic carbocycles. The fourth-order valence-electron chi connectivity index (χ4n) is 5.02. The highest BCUT2D eigenvalue weighted by atomic mass is 127. The van der Waals surface area contributed by atoms with Crippen LogP contribution in [0, 0.1) is 21.8 Å². The minimum absolute atomic E-state index is 0.0260. The summed E-state index contributed by atoms with van der Waals surface area (Å²) in [5.41, 5.74) is 3.22. The second-order valence-electron chi connectivity index (χ2n) is 8.24. The maximum absolute atomic E-state index is 13.0. The van der Waals surface area contributed by atoms with E-state index in [-0.39, 0.29) is 12.5 Å². The number of nitrogens with one attached hydrogen (secondary N) is 1. The van der Waals surface area contributed by atoms with Crippen molar-refractivity contribution in [2.75, 3.05) is 13.2 Å². The Morgan fingerprint density at radius 3 is 2.65 bits per heavy atom. The molecule has 3 aliphatic rings. The van der Waals surface area contributed by atoms with E-state index < -0.39 is 0 Å². The fourth-order valence-corrected chi connectivity index (χ4v) is 5.79. The first-order valence-corrected chi connectivity index (χ1v) is 10.8. The molecule has 1 aromatic carbocycles. The Bertz CT molecular complexity index is 820. The lowest BCUT2D eigenvalue weighted by Gasteiger charge is -2.46. The number of aliphatic hydroxyl groups excluding tert-OH is 1. The maximum atomic E-state index is 13.0. The number of aliphatic hydroxyl groups is 1. The molecule has 0 saturated heterocycles. The highest BCUT2D eigenvalue weighted by Gasteiger charge is 2.40. The third-order valence-electron chi connectivity index (χ3n) is 6.60. The molecule has 4 nitrogen and oxygen atoms in total. The quantitative estimate of drug-likeness (QED) is 0.648. The average Bonchev–Trinajstić information content (AvgIpc) is 3.00. The van der Waals surface area contributed by atoms with Crippen LogP contribution in [-0.2, 0) is 6.54 Å². The van der Waals surface area contributed by atoms with Gasteiger partial charge in [0.1, 0.15) is 0 Å². The van der Waals surface area contributed by atoms with Crippen LogP contribution >= 0.6 is 22.6 Å². The number of rotatable bonds is 5. The van der Waals surface area contributed by atoms with Crippen molar-refractivity contribution in [2.24, 2.45) is 11.3 Å². The van der Waals surface area contributed by atoms with Crippen LogP contribution in [0.4, 0.5) is 0 Å². The Balaban J connectivity index is 1.60. The van der Waals surface area contributed by atoms with Gasteiger partial charge in [0.05, 0.1) is 17.7 Å². The predicted molar refractivity (Wildman–Crippen MR) is 112 cm³/mol. The summed E-state index contributed by atoms with van der Waals surface area (Å²) >= 11 is 2.31. The molecule has 0 aliphatic heterocycles. The van der Waals surface area contributed by atoms with E-state index in [2.05, 4.69) is 47.0 Å². The number of benzene rings is 1. The van der Waals surface area contributed by atoms with Crippen LogP contribution in [0.5, 0.6) is 0 Å². The number of aromatic nitrogens is 1. The van der Waals surface area contributed by atoms with Crippen molar-refractivity contribution in [1.82, 2.24) is 9.88 Å². The molecule has 26 heavy (non-hydrogen) atoms. The molecule has 1 aromatic heterocycles. The predicted octanol–water partition coefficient (Wildman–Crippen LogP) is 4.25. The molecule has 2 aromatic rings. The largest absolute Gasteiger partial charge is 0.395 e. The van der Waals surface area contributed by atoms with Crippen molar-refractivity contribution in [3.63, 3.8) is 0 Å². The summed E-state index contributed by atoms with van der Waals surface area (Å²) in [4.78, 5) is 13.0. The first kappa shape index (κ1) is 18.3. The van der Waals surface area contributed by atoms with E-state index in [1.54, 1.807) is 0 Å². The van der Waals surface area contributed by atoms with Gasteiger partial charge in [-0.15, -0.1) is 0 Å². The third-order valence-corrected chi connectivity index (χ3v) is 7.22. The minimum Gasteiger partial charge on any atom is -0.395 e. The lowest BCUT2D eigenvalue weighted by atomic mass is 9.61. The van der Waals surface area contributed by atoms with Gasteiger partial charge in [-0.3, -0.25) is 4.79 Å². The number of carbonyl (C=O) groups excluding carboxylic acids is 1. The highest BCUT2D eigenvalue weighted by molar-refractivity contribution is 14.1. The van der Waals surface area contributed by atoms with Gasteiger partial charge < -0.3 is 15.0 Å². The molecule has 5 heteroatoms. The average molecular weight is 466 g/mol. The molecule has 3 saturated carbocycles. The number of amides is 1. The number of nitrogens with zero attached hydrogens (tertiary/aromatic N) is 1. The first-order chi connectivity index (χ1) is 12.5. The summed E-state index contributed by atoms with van der Waals surface area (Å²) in [6.45, 7) is 3.44. The van der Waals surface area contributed by atoms with Crippen LogP contribution in [0.2, 0.25) is 0 Å². The maximum Gasteiger partial charge on any atom is 0.253 e. The molecule has 140 valence electrons. The van der Waals surface area contributed by atoms with Crippen molar-refractivity contribution in [3.05, 3.63) is 33.0 Å². The minimum atomic E-state index is 0.0260. The number of aryl methyl sites for hydroxylation is 1. The number of carbonyl (C=O) groups is 1. The number of hydrogen-bond donors (Lipinski definition) is 2. The zero-order valence-electron chi connectivity index (χ0n) is 15.4. The summed E-state index contributed by atoms with van der Waals surface area (Å²) in [5.74, 6) is 0.965. The Labute approximate surface area is 168 Å². The van der Waals surface area contributed by atoms with E-state index in [0.717, 1.165) is 38.1 Å². The number of halogens is 1. The van der Waals surface area contributed by atoms with Crippen molar-refractivity contribution in [3.8, 4) is 0 Å². The highest BCUT2D eigenvalue weighted by Crippen LogP contribution is 2.49. The van der Waals surface area contributed by atoms with Crippen molar-refractivity contribution >= 4 is 39.4 Å². The van der Waals surface area contributed by atoms with E-state index >= 15 is 0 Å². The molecule has 2 N–H and O–H groups in total. The molecule has 1 heterocycles. The summed E-state index contributed by atoms with van der Waals surface area (Å²) in [6, 6.07) is 4.21. The molecular formula is C21H27IN2O2. The Kier molecular flexibility index (Phi) is 5.03. The van der Waals surface area contributed by atoms with Gasteiger partial charge in [-0.25, -0.2) is 0 Å². The zero-order chi connectivity index (χ0) is 18.3. The Morgan fingerprint density at radius 1 is 1.31 bits per heavy atom. The summed E-state index contributed by atoms with van der Waals surface area (Å²) in [5, 5.41) is 13.7. The SMILES string of the molecule is Cc1cc(I)cc2c1c(C(=O)NCC13CCC(CC1)CC3)cn2CCO. The van der Waals surface area contributed by atoms with E-state index in [9.17, 15) is 9.90 Å². The van der Waals surface area contributed by atoms with Crippen LogP contribution in [0.3, 0.4) is 0 Å². The summed E-state index contributed by atoms with van der Waals surface area (Å²) in [7, 11) is 0. The van der Waals surface area contributed by atoms with Gasteiger partial charge in [-0.2, -0.15) is 0 Å². The van der Waals surface area contributed by atoms with Crippen molar-refractivity contribution < 1.29 is 9.90 Å². The molecule has 0 radical (unpaired) electrons. The van der Waals surface area contributed by atoms with Gasteiger partial charge in [-0.1, -0.05) is 0 Å². The van der Waals surface area contributed by atoms with Crippen LogP contribution < -0.4 is 5.32 Å². The number of hydrogen-bond acceptors (Lipinski definition) is 2. The summed E-state index contributed by atoms with van der Waals surface area (Å²) < 4.78 is 3.15. The van der Waals surface area contributed by atoms with E-state index in [0.29, 0.717) is 12.0 Å². The molecule has 0 spiro atoms. The zero-order valence-corrected chi connectivity index (χ0v) is 17.5. The first-order valence-electron chi connectivity index (χ1n) is 9.69. The molecule has 2 bridgehead atoms. The number of fused-ring (bicyclic) bond motifs is 4. The normalized spacial score (nSPS) is 25.0. The standard InChI is InChI=1S/C21H27IN2O2/c1-14-10-16(22)11-18-19(14)17(12-24(18)8-9-25)20(26)23-13-21-5-2-15(3-6-21)4-7-21/h10-12,15,25H,2-9,13H2,1H3,(H,23,26). The van der Waals surface area contributed by atoms with Crippen LogP contribution in [0.1, 0.15) is 54.4 Å². The fraction of sp³-hybridized carbons (Fsp3) is 0.571. The molecule has 5 rings (SSSR count). The van der Waals surface area contributed by atoms with E-state index in [1.165, 1.54) is 38.5 Å². The van der Waals surface area contributed by atoms with Crippen LogP contribution in [0.25, 0.3) is 10.9 Å². The van der Waals surface area contributed by atoms with Gasteiger partial charge in [0.15, 0.2) is 0 Å². The molecule has 0 unspecified atom stereocenters. The third kappa shape index (κ3) is 3.28. The van der Waals surface area contributed by atoms with Gasteiger partial charge in [0.2, 0.25) is 0 Å². The van der Waals surface area contributed by atoms with Gasteiger partial charge >= 0.3 is 0 Å². The second kappa shape index (κ2) is 7.15. The Morgan fingerprint density at radius 2 is 2.00 bits per heavy atom. The van der Waals surface area contributed by atoms with E-state index in [1.807, 2.05) is 10.8 Å². The summed E-state index contributed by atoms with van der Waals surface area (Å²) in [6.07, 6.45) is 9.72. The van der Waals surface area contributed by atoms with Crippen molar-refractivity contribution in [1.29, 1.82) is 0 Å². The van der Waals surface area contributed by atoms with E-state index in [4.69, 9.17) is 0 Å². The molecule has 3 fully saturated rings. The lowest BCUT2D eigenvalue weighted by molar-refractivity contribution is 0.0598. The van der Waals surface area contributed by atoms with Crippen LogP contribution in [-0.4, -0.2) is 28.7 Å². The van der Waals surface area contributed by atoms with Gasteiger partial charge in [0, 0.05) is 28.2 Å². The topological polar surface area (TPSA) is 54.3 Å². The van der Waals surface area contributed by atoms with Gasteiger partial charge in [0.25, 0.3) is 5.91 Å². The van der Waals surface area contributed by atoms with Crippen LogP contribution in [0.15, 0.2) is 18.3 Å². The molecule has 0 atom stereocenters. The smallest absolute Gasteiger partial charge is 0.253 e.